The van der Waals surface area contributed by atoms with Crippen molar-refractivity contribution in [1.29, 1.82) is 0 Å². The first-order valence-electron chi connectivity index (χ1n) is 5.77. The highest BCUT2D eigenvalue weighted by molar-refractivity contribution is 7.81. The molecule has 106 valence electrons. The van der Waals surface area contributed by atoms with Crippen LogP contribution in [0, 0.1) is 20.2 Å². The van der Waals surface area contributed by atoms with Gasteiger partial charge in [-0.2, -0.15) is 0 Å². The van der Waals surface area contributed by atoms with Crippen LogP contribution in [0.4, 0.5) is 17.1 Å². The number of rotatable bonds is 4. The van der Waals surface area contributed by atoms with E-state index in [-0.39, 0.29) is 16.4 Å². The van der Waals surface area contributed by atoms with Gasteiger partial charge in [0, 0.05) is 35.5 Å². The van der Waals surface area contributed by atoms with E-state index >= 15 is 0 Å². The van der Waals surface area contributed by atoms with Gasteiger partial charge < -0.3 is 5.32 Å². The number of nitro benzene ring substituents is 2. The van der Waals surface area contributed by atoms with E-state index in [2.05, 4.69) is 5.32 Å². The van der Waals surface area contributed by atoms with E-state index in [4.69, 9.17) is 12.2 Å². The van der Waals surface area contributed by atoms with Gasteiger partial charge in [-0.25, -0.2) is 0 Å². The fourth-order valence-electron chi connectivity index (χ4n) is 1.66. The highest BCUT2D eigenvalue weighted by Gasteiger charge is 2.10. The van der Waals surface area contributed by atoms with Crippen molar-refractivity contribution in [2.45, 2.75) is 0 Å². The molecule has 0 bridgehead atoms. The number of nitrogens with zero attached hydrogens (tertiary/aromatic N) is 2. The maximum absolute atomic E-state index is 10.7. The van der Waals surface area contributed by atoms with E-state index in [9.17, 15) is 20.2 Å². The molecule has 0 aliphatic carbocycles. The summed E-state index contributed by atoms with van der Waals surface area (Å²) in [6, 6.07) is 11.7. The summed E-state index contributed by atoms with van der Waals surface area (Å²) < 4.78 is 0. The molecule has 0 aliphatic heterocycles. The Hall–Kier alpha value is -2.87. The molecule has 0 heterocycles. The molecule has 0 saturated heterocycles. The van der Waals surface area contributed by atoms with Crippen LogP contribution >= 0.6 is 12.2 Å². The van der Waals surface area contributed by atoms with Gasteiger partial charge in [-0.3, -0.25) is 20.2 Å². The summed E-state index contributed by atoms with van der Waals surface area (Å²) in [4.78, 5) is 20.6. The Bertz CT molecular complexity index is 733. The fraction of sp³-hybridized carbons (Fsp3) is 0. The predicted octanol–water partition coefficient (Wildman–Crippen LogP) is 3.29. The van der Waals surface area contributed by atoms with E-state index in [0.29, 0.717) is 11.3 Å². The number of nitro groups is 2. The van der Waals surface area contributed by atoms with Crippen molar-refractivity contribution < 1.29 is 9.85 Å². The highest BCUT2D eigenvalue weighted by Crippen LogP contribution is 2.19. The summed E-state index contributed by atoms with van der Waals surface area (Å²) in [6.45, 7) is 0. The summed E-state index contributed by atoms with van der Waals surface area (Å²) in [5.74, 6) is 0. The molecule has 0 fully saturated rings. The Morgan fingerprint density at radius 3 is 2.14 bits per heavy atom. The zero-order valence-corrected chi connectivity index (χ0v) is 11.4. The third-order valence-corrected chi connectivity index (χ3v) is 2.97. The average molecular weight is 303 g/mol. The van der Waals surface area contributed by atoms with Crippen LogP contribution in [0.5, 0.6) is 0 Å². The lowest BCUT2D eigenvalue weighted by Gasteiger charge is -2.07. The van der Waals surface area contributed by atoms with Crippen LogP contribution in [0.1, 0.15) is 5.56 Å². The third kappa shape index (κ3) is 3.57. The van der Waals surface area contributed by atoms with Crippen LogP contribution < -0.4 is 5.32 Å². The molecular formula is C13H9N3O4S. The van der Waals surface area contributed by atoms with Crippen molar-refractivity contribution in [3.8, 4) is 0 Å². The van der Waals surface area contributed by atoms with E-state index in [1.165, 1.54) is 36.4 Å². The van der Waals surface area contributed by atoms with Gasteiger partial charge in [-0.15, -0.1) is 0 Å². The van der Waals surface area contributed by atoms with Crippen molar-refractivity contribution in [2.75, 3.05) is 5.32 Å². The van der Waals surface area contributed by atoms with E-state index in [1.54, 1.807) is 12.1 Å². The Balaban J connectivity index is 2.22. The van der Waals surface area contributed by atoms with Gasteiger partial charge in [-0.05, 0) is 6.07 Å². The number of non-ortho nitro benzene ring substituents is 2. The summed E-state index contributed by atoms with van der Waals surface area (Å²) in [5.41, 5.74) is 0.768. The van der Waals surface area contributed by atoms with Crippen LogP contribution in [0.2, 0.25) is 0 Å². The van der Waals surface area contributed by atoms with Gasteiger partial charge >= 0.3 is 0 Å². The van der Waals surface area contributed by atoms with Gasteiger partial charge in [0.1, 0.15) is 4.99 Å². The van der Waals surface area contributed by atoms with Crippen LogP contribution in [0.15, 0.2) is 48.5 Å². The molecule has 2 aromatic rings. The SMILES string of the molecule is O=[N+]([O-])c1cccc(NC(=S)c2cccc([N+](=O)[O-])c2)c1. The molecule has 7 nitrogen and oxygen atoms in total. The largest absolute Gasteiger partial charge is 0.346 e. The zero-order chi connectivity index (χ0) is 15.4. The third-order valence-electron chi connectivity index (χ3n) is 2.63. The van der Waals surface area contributed by atoms with E-state index in [1.807, 2.05) is 0 Å². The highest BCUT2D eigenvalue weighted by atomic mass is 32.1. The van der Waals surface area contributed by atoms with E-state index < -0.39 is 9.85 Å². The van der Waals surface area contributed by atoms with Crippen LogP contribution in [0.25, 0.3) is 0 Å². The summed E-state index contributed by atoms with van der Waals surface area (Å²) in [5, 5.41) is 24.2. The second-order valence-corrected chi connectivity index (χ2v) is 4.48. The van der Waals surface area contributed by atoms with Crippen molar-refractivity contribution in [3.05, 3.63) is 74.3 Å². The van der Waals surface area contributed by atoms with Gasteiger partial charge in [0.25, 0.3) is 11.4 Å². The minimum Gasteiger partial charge on any atom is -0.346 e. The molecule has 2 rings (SSSR count). The Morgan fingerprint density at radius 2 is 1.52 bits per heavy atom. The first-order chi connectivity index (χ1) is 9.97. The molecule has 0 radical (unpaired) electrons. The number of thiocarbonyl (C=S) groups is 1. The first kappa shape index (κ1) is 14.5. The van der Waals surface area contributed by atoms with Crippen LogP contribution in [-0.2, 0) is 0 Å². The van der Waals surface area contributed by atoms with Crippen molar-refractivity contribution in [2.24, 2.45) is 0 Å². The topological polar surface area (TPSA) is 98.3 Å². The lowest BCUT2D eigenvalue weighted by atomic mass is 10.2. The van der Waals surface area contributed by atoms with Gasteiger partial charge in [0.2, 0.25) is 0 Å². The maximum atomic E-state index is 10.7. The Kier molecular flexibility index (Phi) is 4.19. The molecule has 21 heavy (non-hydrogen) atoms. The van der Waals surface area contributed by atoms with Crippen LogP contribution in [0.3, 0.4) is 0 Å². The standard InChI is InChI=1S/C13H9N3O4S/c17-15(18)11-5-1-3-9(7-11)13(21)14-10-4-2-6-12(8-10)16(19)20/h1-8H,(H,14,21). The first-order valence-corrected chi connectivity index (χ1v) is 6.18. The monoisotopic (exact) mass is 303 g/mol. The molecule has 1 N–H and O–H groups in total. The van der Waals surface area contributed by atoms with Gasteiger partial charge in [0.15, 0.2) is 0 Å². The Morgan fingerprint density at radius 1 is 0.952 bits per heavy atom. The quantitative estimate of drug-likeness (QED) is 0.528. The average Bonchev–Trinajstić information content (AvgIpc) is 2.47. The molecule has 0 aliphatic rings. The van der Waals surface area contributed by atoms with Crippen molar-refractivity contribution >= 4 is 34.3 Å². The van der Waals surface area contributed by atoms with Gasteiger partial charge in [0.05, 0.1) is 9.85 Å². The summed E-state index contributed by atoms with van der Waals surface area (Å²) in [6.07, 6.45) is 0. The molecule has 0 unspecified atom stereocenters. The van der Waals surface area contributed by atoms with Crippen molar-refractivity contribution in [1.82, 2.24) is 0 Å². The normalized spacial score (nSPS) is 9.90. The number of hydrogen-bond acceptors (Lipinski definition) is 5. The number of nitrogens with one attached hydrogen (secondary N) is 1. The minimum atomic E-state index is -0.514. The zero-order valence-electron chi connectivity index (χ0n) is 10.6. The molecule has 0 atom stereocenters. The summed E-state index contributed by atoms with van der Waals surface area (Å²) in [7, 11) is 0. The number of hydrogen-bond donors (Lipinski definition) is 1. The molecule has 0 amide bonds. The molecule has 8 heteroatoms. The van der Waals surface area contributed by atoms with E-state index in [0.717, 1.165) is 0 Å². The summed E-state index contributed by atoms with van der Waals surface area (Å²) >= 11 is 5.15. The predicted molar refractivity (Wildman–Crippen MR) is 81.5 cm³/mol. The maximum Gasteiger partial charge on any atom is 0.271 e. The van der Waals surface area contributed by atoms with Crippen molar-refractivity contribution in [3.63, 3.8) is 0 Å². The smallest absolute Gasteiger partial charge is 0.271 e. The van der Waals surface area contributed by atoms with Gasteiger partial charge in [-0.1, -0.05) is 30.4 Å². The fourth-order valence-corrected chi connectivity index (χ4v) is 1.91. The number of anilines is 1. The second-order valence-electron chi connectivity index (χ2n) is 4.07. The van der Waals surface area contributed by atoms with Crippen LogP contribution in [-0.4, -0.2) is 14.8 Å². The lowest BCUT2D eigenvalue weighted by molar-refractivity contribution is -0.385. The second kappa shape index (κ2) is 6.06. The molecule has 0 spiro atoms. The number of benzene rings is 2. The minimum absolute atomic E-state index is 0.0677. The molecule has 0 aromatic heterocycles. The Labute approximate surface area is 124 Å². The molecular weight excluding hydrogens is 294 g/mol. The molecule has 0 saturated carbocycles. The molecule has 2 aromatic carbocycles. The lowest BCUT2D eigenvalue weighted by Crippen LogP contribution is -2.10.